The van der Waals surface area contributed by atoms with Gasteiger partial charge in [0, 0.05) is 31.6 Å². The predicted molar refractivity (Wildman–Crippen MR) is 99.1 cm³/mol. The molecule has 4 N–H and O–H groups in total. The number of carbonyl (C=O) groups excluding carboxylic acids is 2. The molecule has 0 saturated heterocycles. The van der Waals surface area contributed by atoms with Crippen molar-refractivity contribution in [2.45, 2.75) is 25.8 Å². The minimum atomic E-state index is -0.112. The molecule has 0 fully saturated rings. The zero-order valence-electron chi connectivity index (χ0n) is 14.3. The Bertz CT molecular complexity index is 669. The van der Waals surface area contributed by atoms with Gasteiger partial charge in [0.1, 0.15) is 0 Å². The molecular weight excluding hydrogens is 314 g/mol. The normalized spacial score (nSPS) is 10.3. The third-order valence-electron chi connectivity index (χ3n) is 3.90. The highest BCUT2D eigenvalue weighted by atomic mass is 16.2. The summed E-state index contributed by atoms with van der Waals surface area (Å²) >= 11 is 0. The van der Waals surface area contributed by atoms with Crippen molar-refractivity contribution in [2.24, 2.45) is 5.73 Å². The van der Waals surface area contributed by atoms with Crippen LogP contribution in [0, 0.1) is 0 Å². The van der Waals surface area contributed by atoms with Crippen LogP contribution in [0.2, 0.25) is 0 Å². The van der Waals surface area contributed by atoms with Crippen LogP contribution in [-0.2, 0) is 17.8 Å². The van der Waals surface area contributed by atoms with E-state index in [9.17, 15) is 9.59 Å². The molecule has 0 spiro atoms. The second-order valence-corrected chi connectivity index (χ2v) is 5.85. The number of carbonyl (C=O) groups is 2. The fraction of sp³-hybridized carbons (Fsp3) is 0.300. The van der Waals surface area contributed by atoms with Crippen LogP contribution >= 0.6 is 0 Å². The summed E-state index contributed by atoms with van der Waals surface area (Å²) in [6, 6.07) is 17.2. The zero-order chi connectivity index (χ0) is 17.9. The minimum absolute atomic E-state index is 0.0348. The van der Waals surface area contributed by atoms with Crippen LogP contribution in [-0.4, -0.2) is 24.9 Å². The SMILES string of the molecule is NCc1ccc(C(=O)NCCCNC(=O)CCc2ccccc2)cc1. The largest absolute Gasteiger partial charge is 0.356 e. The van der Waals surface area contributed by atoms with Gasteiger partial charge in [0.15, 0.2) is 0 Å². The van der Waals surface area contributed by atoms with Crippen LogP contribution < -0.4 is 16.4 Å². The number of nitrogens with one attached hydrogen (secondary N) is 2. The minimum Gasteiger partial charge on any atom is -0.356 e. The maximum atomic E-state index is 12.0. The van der Waals surface area contributed by atoms with Crippen molar-refractivity contribution >= 4 is 11.8 Å². The Kier molecular flexibility index (Phi) is 7.66. The highest BCUT2D eigenvalue weighted by Gasteiger charge is 2.05. The van der Waals surface area contributed by atoms with Gasteiger partial charge in [0.25, 0.3) is 5.91 Å². The van der Waals surface area contributed by atoms with Crippen molar-refractivity contribution in [3.05, 3.63) is 71.3 Å². The first-order valence-electron chi connectivity index (χ1n) is 8.57. The highest BCUT2D eigenvalue weighted by molar-refractivity contribution is 5.94. The number of hydrogen-bond donors (Lipinski definition) is 3. The van der Waals surface area contributed by atoms with Crippen LogP contribution in [0.25, 0.3) is 0 Å². The van der Waals surface area contributed by atoms with E-state index in [1.807, 2.05) is 42.5 Å². The van der Waals surface area contributed by atoms with E-state index in [-0.39, 0.29) is 11.8 Å². The lowest BCUT2D eigenvalue weighted by Gasteiger charge is -2.07. The van der Waals surface area contributed by atoms with Gasteiger partial charge in [0.05, 0.1) is 0 Å². The molecular formula is C20H25N3O2. The number of hydrogen-bond acceptors (Lipinski definition) is 3. The van der Waals surface area contributed by atoms with Gasteiger partial charge in [-0.1, -0.05) is 42.5 Å². The third-order valence-corrected chi connectivity index (χ3v) is 3.90. The zero-order valence-corrected chi connectivity index (χ0v) is 14.3. The van der Waals surface area contributed by atoms with Gasteiger partial charge in [0.2, 0.25) is 5.91 Å². The Hall–Kier alpha value is -2.66. The molecule has 0 saturated carbocycles. The summed E-state index contributed by atoms with van der Waals surface area (Å²) in [6.07, 6.45) is 1.91. The predicted octanol–water partition coefficient (Wildman–Crippen LogP) is 2.01. The third kappa shape index (κ3) is 6.77. The van der Waals surface area contributed by atoms with Crippen molar-refractivity contribution in [1.82, 2.24) is 10.6 Å². The van der Waals surface area contributed by atoms with Gasteiger partial charge >= 0.3 is 0 Å². The van der Waals surface area contributed by atoms with Crippen molar-refractivity contribution in [2.75, 3.05) is 13.1 Å². The first kappa shape index (κ1) is 18.7. The molecule has 2 aromatic rings. The summed E-state index contributed by atoms with van der Waals surface area (Å²) in [4.78, 5) is 23.8. The van der Waals surface area contributed by atoms with Crippen LogP contribution in [0.5, 0.6) is 0 Å². The molecule has 0 aliphatic rings. The number of aryl methyl sites for hydroxylation is 1. The average Bonchev–Trinajstić information content (AvgIpc) is 2.67. The Morgan fingerprint density at radius 1 is 0.840 bits per heavy atom. The smallest absolute Gasteiger partial charge is 0.251 e. The molecule has 0 aromatic heterocycles. The van der Waals surface area contributed by atoms with E-state index < -0.39 is 0 Å². The van der Waals surface area contributed by atoms with Gasteiger partial charge in [-0.05, 0) is 36.1 Å². The summed E-state index contributed by atoms with van der Waals surface area (Å²) in [5.74, 6) is -0.0773. The molecule has 0 unspecified atom stereocenters. The van der Waals surface area contributed by atoms with E-state index in [0.29, 0.717) is 38.0 Å². The fourth-order valence-corrected chi connectivity index (χ4v) is 2.40. The van der Waals surface area contributed by atoms with Crippen LogP contribution in [0.3, 0.4) is 0 Å². The topological polar surface area (TPSA) is 84.2 Å². The van der Waals surface area contributed by atoms with E-state index in [1.165, 1.54) is 0 Å². The van der Waals surface area contributed by atoms with Crippen molar-refractivity contribution in [1.29, 1.82) is 0 Å². The molecule has 132 valence electrons. The second kappa shape index (κ2) is 10.3. The summed E-state index contributed by atoms with van der Waals surface area (Å²) in [5.41, 5.74) is 8.30. The second-order valence-electron chi connectivity index (χ2n) is 5.85. The van der Waals surface area contributed by atoms with E-state index in [1.54, 1.807) is 12.1 Å². The fourth-order valence-electron chi connectivity index (χ4n) is 2.40. The summed E-state index contributed by atoms with van der Waals surface area (Å²) < 4.78 is 0. The van der Waals surface area contributed by atoms with Gasteiger partial charge < -0.3 is 16.4 Å². The molecule has 0 bridgehead atoms. The van der Waals surface area contributed by atoms with Crippen molar-refractivity contribution in [3.8, 4) is 0 Å². The van der Waals surface area contributed by atoms with E-state index in [2.05, 4.69) is 10.6 Å². The highest BCUT2D eigenvalue weighted by Crippen LogP contribution is 2.04. The number of nitrogens with two attached hydrogens (primary N) is 1. The van der Waals surface area contributed by atoms with E-state index >= 15 is 0 Å². The molecule has 0 aliphatic heterocycles. The van der Waals surface area contributed by atoms with Gasteiger partial charge in [-0.2, -0.15) is 0 Å². The Balaban J connectivity index is 1.57. The van der Waals surface area contributed by atoms with E-state index in [4.69, 9.17) is 5.73 Å². The maximum absolute atomic E-state index is 12.0. The standard InChI is InChI=1S/C20H25N3O2/c21-15-17-7-10-18(11-8-17)20(25)23-14-4-13-22-19(24)12-9-16-5-2-1-3-6-16/h1-3,5-8,10-11H,4,9,12-15,21H2,(H,22,24)(H,23,25). The molecule has 0 radical (unpaired) electrons. The maximum Gasteiger partial charge on any atom is 0.251 e. The van der Waals surface area contributed by atoms with Crippen LogP contribution in [0.15, 0.2) is 54.6 Å². The molecule has 2 aromatic carbocycles. The average molecular weight is 339 g/mol. The lowest BCUT2D eigenvalue weighted by Crippen LogP contribution is -2.30. The first-order valence-corrected chi connectivity index (χ1v) is 8.57. The Morgan fingerprint density at radius 2 is 1.52 bits per heavy atom. The molecule has 5 nitrogen and oxygen atoms in total. The lowest BCUT2D eigenvalue weighted by molar-refractivity contribution is -0.121. The molecule has 0 heterocycles. The van der Waals surface area contributed by atoms with Gasteiger partial charge in [-0.3, -0.25) is 9.59 Å². The summed E-state index contributed by atoms with van der Waals surface area (Å²) in [5, 5.41) is 5.72. The van der Waals surface area contributed by atoms with E-state index in [0.717, 1.165) is 17.5 Å². The summed E-state index contributed by atoms with van der Waals surface area (Å²) in [6.45, 7) is 1.54. The number of rotatable bonds is 9. The van der Waals surface area contributed by atoms with Crippen LogP contribution in [0.4, 0.5) is 0 Å². The lowest BCUT2D eigenvalue weighted by atomic mass is 10.1. The van der Waals surface area contributed by atoms with Crippen molar-refractivity contribution in [3.63, 3.8) is 0 Å². The molecule has 5 heteroatoms. The molecule has 2 rings (SSSR count). The quantitative estimate of drug-likeness (QED) is 0.611. The molecule has 0 atom stereocenters. The molecule has 2 amide bonds. The number of amides is 2. The first-order chi connectivity index (χ1) is 12.2. The van der Waals surface area contributed by atoms with Crippen LogP contribution in [0.1, 0.15) is 34.3 Å². The van der Waals surface area contributed by atoms with Gasteiger partial charge in [-0.25, -0.2) is 0 Å². The Labute approximate surface area is 148 Å². The Morgan fingerprint density at radius 3 is 2.20 bits per heavy atom. The molecule has 25 heavy (non-hydrogen) atoms. The van der Waals surface area contributed by atoms with Gasteiger partial charge in [-0.15, -0.1) is 0 Å². The summed E-state index contributed by atoms with van der Waals surface area (Å²) in [7, 11) is 0. The number of benzene rings is 2. The van der Waals surface area contributed by atoms with Crippen molar-refractivity contribution < 1.29 is 9.59 Å². The monoisotopic (exact) mass is 339 g/mol. The molecule has 0 aliphatic carbocycles.